The first-order valence-electron chi connectivity index (χ1n) is 6.39. The van der Waals surface area contributed by atoms with E-state index in [9.17, 15) is 5.11 Å². The molecule has 0 aliphatic rings. The number of rotatable bonds is 8. The number of anilines is 1. The third kappa shape index (κ3) is 5.42. The molecule has 0 fully saturated rings. The molecule has 0 radical (unpaired) electrons. The van der Waals surface area contributed by atoms with Crippen LogP contribution in [0.5, 0.6) is 0 Å². The van der Waals surface area contributed by atoms with Gasteiger partial charge in [0.05, 0.1) is 17.3 Å². The zero-order chi connectivity index (χ0) is 12.5. The van der Waals surface area contributed by atoms with Crippen LogP contribution < -0.4 is 5.32 Å². The Bertz CT molecular complexity index is 317. The van der Waals surface area contributed by atoms with Crippen LogP contribution in [0.25, 0.3) is 0 Å². The lowest BCUT2D eigenvalue weighted by Gasteiger charge is -2.18. The molecule has 0 aliphatic heterocycles. The molecule has 0 aliphatic carbocycles. The van der Waals surface area contributed by atoms with E-state index in [0.29, 0.717) is 5.02 Å². The van der Waals surface area contributed by atoms with Gasteiger partial charge in [-0.15, -0.1) is 0 Å². The van der Waals surface area contributed by atoms with Crippen molar-refractivity contribution in [3.05, 3.63) is 29.3 Å². The molecule has 1 atom stereocenters. The van der Waals surface area contributed by atoms with Crippen molar-refractivity contribution < 1.29 is 5.11 Å². The predicted octanol–water partition coefficient (Wildman–Crippen LogP) is 4.08. The van der Waals surface area contributed by atoms with Gasteiger partial charge in [-0.3, -0.25) is 0 Å². The Kier molecular flexibility index (Phi) is 7.06. The number of aliphatic hydroxyl groups is 1. The van der Waals surface area contributed by atoms with Crippen molar-refractivity contribution in [2.75, 3.05) is 11.9 Å². The Labute approximate surface area is 109 Å². The number of para-hydroxylation sites is 1. The highest BCUT2D eigenvalue weighted by atomic mass is 35.5. The van der Waals surface area contributed by atoms with Crippen molar-refractivity contribution >= 4 is 17.3 Å². The van der Waals surface area contributed by atoms with Crippen molar-refractivity contribution in [1.82, 2.24) is 0 Å². The molecule has 1 aromatic rings. The summed E-state index contributed by atoms with van der Waals surface area (Å²) in [5.41, 5.74) is 0.906. The fourth-order valence-corrected chi connectivity index (χ4v) is 2.02. The summed E-state index contributed by atoms with van der Waals surface area (Å²) < 4.78 is 0. The van der Waals surface area contributed by atoms with E-state index < -0.39 is 0 Å². The molecule has 2 N–H and O–H groups in total. The number of hydrogen-bond acceptors (Lipinski definition) is 2. The number of halogens is 1. The molecule has 0 saturated heterocycles. The Morgan fingerprint density at radius 3 is 2.65 bits per heavy atom. The van der Waals surface area contributed by atoms with Crippen molar-refractivity contribution in [1.29, 1.82) is 0 Å². The van der Waals surface area contributed by atoms with Crippen LogP contribution in [0.2, 0.25) is 5.02 Å². The molecule has 17 heavy (non-hydrogen) atoms. The first-order chi connectivity index (χ1) is 8.27. The summed E-state index contributed by atoms with van der Waals surface area (Å²) in [7, 11) is 0. The summed E-state index contributed by atoms with van der Waals surface area (Å²) in [6.45, 7) is 2.35. The van der Waals surface area contributed by atoms with Gasteiger partial charge in [0.15, 0.2) is 0 Å². The van der Waals surface area contributed by atoms with Crippen molar-refractivity contribution in [2.24, 2.45) is 0 Å². The molecule has 0 aromatic heterocycles. The molecule has 1 unspecified atom stereocenters. The summed E-state index contributed by atoms with van der Waals surface area (Å²) in [5.74, 6) is 0. The van der Waals surface area contributed by atoms with Crippen LogP contribution in [-0.2, 0) is 0 Å². The monoisotopic (exact) mass is 255 g/mol. The highest BCUT2D eigenvalue weighted by Crippen LogP contribution is 2.22. The number of unbranched alkanes of at least 4 members (excludes halogenated alkanes) is 3. The summed E-state index contributed by atoms with van der Waals surface area (Å²) in [6.07, 6.45) is 5.88. The molecule has 1 rings (SSSR count). The fourth-order valence-electron chi connectivity index (χ4n) is 1.82. The minimum absolute atomic E-state index is 0.103. The normalized spacial score (nSPS) is 12.4. The van der Waals surface area contributed by atoms with E-state index in [1.165, 1.54) is 19.3 Å². The van der Waals surface area contributed by atoms with Gasteiger partial charge in [0.2, 0.25) is 0 Å². The molecule has 0 heterocycles. The first kappa shape index (κ1) is 14.3. The second kappa shape index (κ2) is 8.37. The first-order valence-corrected chi connectivity index (χ1v) is 6.77. The molecular weight excluding hydrogens is 234 g/mol. The van der Waals surface area contributed by atoms with E-state index in [2.05, 4.69) is 12.2 Å². The largest absolute Gasteiger partial charge is 0.394 e. The second-order valence-corrected chi connectivity index (χ2v) is 4.76. The third-order valence-electron chi connectivity index (χ3n) is 2.86. The fraction of sp³-hybridized carbons (Fsp3) is 0.571. The minimum Gasteiger partial charge on any atom is -0.394 e. The zero-order valence-electron chi connectivity index (χ0n) is 10.5. The molecule has 2 nitrogen and oxygen atoms in total. The van der Waals surface area contributed by atoms with Crippen molar-refractivity contribution in [3.8, 4) is 0 Å². The van der Waals surface area contributed by atoms with E-state index >= 15 is 0 Å². The van der Waals surface area contributed by atoms with Gasteiger partial charge in [-0.1, -0.05) is 56.3 Å². The number of aliphatic hydroxyl groups excluding tert-OH is 1. The standard InChI is InChI=1S/C14H22ClNO/c1-2-3-4-5-8-12(11-17)16-14-10-7-6-9-13(14)15/h6-7,9-10,12,16-17H,2-5,8,11H2,1H3. The van der Waals surface area contributed by atoms with Crippen molar-refractivity contribution in [3.63, 3.8) is 0 Å². The third-order valence-corrected chi connectivity index (χ3v) is 3.19. The smallest absolute Gasteiger partial charge is 0.0637 e. The topological polar surface area (TPSA) is 32.3 Å². The van der Waals surface area contributed by atoms with E-state index in [0.717, 1.165) is 18.5 Å². The minimum atomic E-state index is 0.103. The SMILES string of the molecule is CCCCCCC(CO)Nc1ccccc1Cl. The Balaban J connectivity index is 2.38. The van der Waals surface area contributed by atoms with E-state index in [1.54, 1.807) is 0 Å². The Morgan fingerprint density at radius 2 is 2.00 bits per heavy atom. The Hall–Kier alpha value is -0.730. The molecule has 3 heteroatoms. The van der Waals surface area contributed by atoms with Gasteiger partial charge in [-0.05, 0) is 18.6 Å². The van der Waals surface area contributed by atoms with Gasteiger partial charge in [-0.2, -0.15) is 0 Å². The summed E-state index contributed by atoms with van der Waals surface area (Å²) >= 11 is 6.06. The summed E-state index contributed by atoms with van der Waals surface area (Å²) in [4.78, 5) is 0. The highest BCUT2D eigenvalue weighted by molar-refractivity contribution is 6.33. The molecule has 0 bridgehead atoms. The lowest BCUT2D eigenvalue weighted by molar-refractivity contribution is 0.266. The van der Waals surface area contributed by atoms with Crippen LogP contribution >= 0.6 is 11.6 Å². The average Bonchev–Trinajstić information content (AvgIpc) is 2.35. The predicted molar refractivity (Wildman–Crippen MR) is 74.7 cm³/mol. The van der Waals surface area contributed by atoms with Crippen LogP contribution in [0.3, 0.4) is 0 Å². The summed E-state index contributed by atoms with van der Waals surface area (Å²) in [6, 6.07) is 7.75. The van der Waals surface area contributed by atoms with Crippen LogP contribution in [0.15, 0.2) is 24.3 Å². The maximum absolute atomic E-state index is 9.33. The van der Waals surface area contributed by atoms with Gasteiger partial charge in [0, 0.05) is 6.04 Å². The molecule has 1 aromatic carbocycles. The second-order valence-electron chi connectivity index (χ2n) is 4.35. The average molecular weight is 256 g/mol. The highest BCUT2D eigenvalue weighted by Gasteiger charge is 2.08. The zero-order valence-corrected chi connectivity index (χ0v) is 11.2. The van der Waals surface area contributed by atoms with Crippen LogP contribution in [0.4, 0.5) is 5.69 Å². The van der Waals surface area contributed by atoms with Gasteiger partial charge in [0.1, 0.15) is 0 Å². The lowest BCUT2D eigenvalue weighted by atomic mass is 10.1. The van der Waals surface area contributed by atoms with Crippen LogP contribution in [-0.4, -0.2) is 17.8 Å². The molecule has 0 spiro atoms. The van der Waals surface area contributed by atoms with E-state index in [1.807, 2.05) is 24.3 Å². The summed E-state index contributed by atoms with van der Waals surface area (Å²) in [5, 5.41) is 13.3. The molecule has 96 valence electrons. The number of hydrogen-bond donors (Lipinski definition) is 2. The maximum Gasteiger partial charge on any atom is 0.0637 e. The maximum atomic E-state index is 9.33. The lowest BCUT2D eigenvalue weighted by Crippen LogP contribution is -2.23. The van der Waals surface area contributed by atoms with Gasteiger partial charge >= 0.3 is 0 Å². The molecule has 0 saturated carbocycles. The number of benzene rings is 1. The van der Waals surface area contributed by atoms with Gasteiger partial charge in [0.25, 0.3) is 0 Å². The van der Waals surface area contributed by atoms with Gasteiger partial charge < -0.3 is 10.4 Å². The molecular formula is C14H22ClNO. The van der Waals surface area contributed by atoms with Crippen LogP contribution in [0, 0.1) is 0 Å². The quantitative estimate of drug-likeness (QED) is 0.686. The van der Waals surface area contributed by atoms with Gasteiger partial charge in [-0.25, -0.2) is 0 Å². The number of nitrogens with one attached hydrogen (secondary N) is 1. The van der Waals surface area contributed by atoms with Crippen LogP contribution in [0.1, 0.15) is 39.0 Å². The van der Waals surface area contributed by atoms with Crippen molar-refractivity contribution in [2.45, 2.75) is 45.1 Å². The van der Waals surface area contributed by atoms with E-state index in [4.69, 9.17) is 11.6 Å². The van der Waals surface area contributed by atoms with E-state index in [-0.39, 0.29) is 12.6 Å². The Morgan fingerprint density at radius 1 is 1.24 bits per heavy atom. The molecule has 0 amide bonds.